The lowest BCUT2D eigenvalue weighted by molar-refractivity contribution is -0.150. The van der Waals surface area contributed by atoms with Gasteiger partial charge in [0.05, 0.1) is 17.0 Å². The van der Waals surface area contributed by atoms with Crippen molar-refractivity contribution in [3.8, 4) is 5.75 Å². The fourth-order valence-corrected chi connectivity index (χ4v) is 3.39. The fraction of sp³-hybridized carbons (Fsp3) is 0.500. The Labute approximate surface area is 138 Å². The maximum Gasteiger partial charge on any atom is 0.311 e. The molecule has 1 aliphatic rings. The second kappa shape index (κ2) is 7.13. The van der Waals surface area contributed by atoms with Crippen molar-refractivity contribution in [2.75, 3.05) is 13.7 Å². The summed E-state index contributed by atoms with van der Waals surface area (Å²) < 4.78 is 5.81. The molecule has 0 heterocycles. The van der Waals surface area contributed by atoms with Crippen molar-refractivity contribution >= 4 is 27.8 Å². The lowest BCUT2D eigenvalue weighted by atomic mass is 9.74. The number of aliphatic carboxylic acids is 1. The SMILES string of the molecule is COc1ccc(C(=O)NCC2(C(=O)O)CCCCC2)cc1Br. The fourth-order valence-electron chi connectivity index (χ4n) is 2.85. The molecule has 22 heavy (non-hydrogen) atoms. The molecule has 1 aliphatic carbocycles. The van der Waals surface area contributed by atoms with Crippen LogP contribution in [0.2, 0.25) is 0 Å². The molecule has 0 spiro atoms. The summed E-state index contributed by atoms with van der Waals surface area (Å²) in [6.45, 7) is 0.171. The average Bonchev–Trinajstić information content (AvgIpc) is 2.53. The minimum Gasteiger partial charge on any atom is -0.496 e. The summed E-state index contributed by atoms with van der Waals surface area (Å²) in [5.74, 6) is -0.441. The van der Waals surface area contributed by atoms with Crippen LogP contribution in [0.4, 0.5) is 0 Å². The van der Waals surface area contributed by atoms with E-state index in [2.05, 4.69) is 21.2 Å². The first-order valence-electron chi connectivity index (χ1n) is 7.34. The maximum atomic E-state index is 12.2. The molecule has 0 radical (unpaired) electrons. The molecule has 1 saturated carbocycles. The third-order valence-electron chi connectivity index (χ3n) is 4.27. The van der Waals surface area contributed by atoms with Gasteiger partial charge in [0.2, 0.25) is 0 Å². The summed E-state index contributed by atoms with van der Waals surface area (Å²) in [5.41, 5.74) is -0.346. The summed E-state index contributed by atoms with van der Waals surface area (Å²) in [6, 6.07) is 5.03. The first-order valence-corrected chi connectivity index (χ1v) is 8.13. The summed E-state index contributed by atoms with van der Waals surface area (Å²) >= 11 is 3.34. The van der Waals surface area contributed by atoms with Gasteiger partial charge >= 0.3 is 5.97 Å². The number of benzene rings is 1. The highest BCUT2D eigenvalue weighted by molar-refractivity contribution is 9.10. The van der Waals surface area contributed by atoms with Gasteiger partial charge in [-0.2, -0.15) is 0 Å². The predicted octanol–water partition coefficient (Wildman–Crippen LogP) is 3.22. The quantitative estimate of drug-likeness (QED) is 0.835. The molecule has 0 atom stereocenters. The van der Waals surface area contributed by atoms with Crippen molar-refractivity contribution in [2.45, 2.75) is 32.1 Å². The number of rotatable bonds is 5. The van der Waals surface area contributed by atoms with Gasteiger partial charge in [-0.3, -0.25) is 9.59 Å². The highest BCUT2D eigenvalue weighted by Gasteiger charge is 2.39. The molecule has 6 heteroatoms. The van der Waals surface area contributed by atoms with Crippen molar-refractivity contribution in [3.05, 3.63) is 28.2 Å². The number of halogens is 1. The number of ether oxygens (including phenoxy) is 1. The zero-order chi connectivity index (χ0) is 16.2. The second-order valence-electron chi connectivity index (χ2n) is 5.68. The topological polar surface area (TPSA) is 75.6 Å². The maximum absolute atomic E-state index is 12.2. The number of nitrogens with one attached hydrogen (secondary N) is 1. The van der Waals surface area contributed by atoms with Gasteiger partial charge in [0.1, 0.15) is 5.75 Å². The molecular weight excluding hydrogens is 350 g/mol. The Morgan fingerprint density at radius 3 is 2.55 bits per heavy atom. The van der Waals surface area contributed by atoms with Crippen molar-refractivity contribution in [2.24, 2.45) is 5.41 Å². The molecule has 1 fully saturated rings. The highest BCUT2D eigenvalue weighted by Crippen LogP contribution is 2.36. The number of methoxy groups -OCH3 is 1. The molecule has 0 saturated heterocycles. The normalized spacial score (nSPS) is 16.8. The van der Waals surface area contributed by atoms with E-state index >= 15 is 0 Å². The molecule has 2 rings (SSSR count). The van der Waals surface area contributed by atoms with E-state index in [1.165, 1.54) is 0 Å². The highest BCUT2D eigenvalue weighted by atomic mass is 79.9. The number of carboxylic acid groups (broad SMARTS) is 1. The van der Waals surface area contributed by atoms with Crippen molar-refractivity contribution in [1.29, 1.82) is 0 Å². The molecule has 1 amide bonds. The van der Waals surface area contributed by atoms with Crippen LogP contribution in [-0.4, -0.2) is 30.6 Å². The Kier molecular flexibility index (Phi) is 5.45. The van der Waals surface area contributed by atoms with Crippen LogP contribution in [0, 0.1) is 5.41 Å². The predicted molar refractivity (Wildman–Crippen MR) is 86.2 cm³/mol. The van der Waals surface area contributed by atoms with Gasteiger partial charge in [0, 0.05) is 12.1 Å². The van der Waals surface area contributed by atoms with Gasteiger partial charge in [-0.25, -0.2) is 0 Å². The Morgan fingerprint density at radius 1 is 1.32 bits per heavy atom. The second-order valence-corrected chi connectivity index (χ2v) is 6.53. The number of hydrogen-bond acceptors (Lipinski definition) is 3. The van der Waals surface area contributed by atoms with Crippen molar-refractivity contribution < 1.29 is 19.4 Å². The summed E-state index contributed by atoms with van der Waals surface area (Å²) in [6.07, 6.45) is 4.10. The Bertz CT molecular complexity index is 567. The minimum absolute atomic E-state index is 0.171. The standard InChI is InChI=1S/C16H20BrNO4/c1-22-13-6-5-11(9-12(13)17)14(19)18-10-16(15(20)21)7-3-2-4-8-16/h5-6,9H,2-4,7-8,10H2,1H3,(H,18,19)(H,20,21). The smallest absolute Gasteiger partial charge is 0.311 e. The first kappa shape index (κ1) is 16.8. The molecule has 1 aromatic rings. The molecule has 0 unspecified atom stereocenters. The summed E-state index contributed by atoms with van der Waals surface area (Å²) in [7, 11) is 1.56. The van der Waals surface area contributed by atoms with Crippen LogP contribution < -0.4 is 10.1 Å². The Morgan fingerprint density at radius 2 is 2.00 bits per heavy atom. The number of carbonyl (C=O) groups excluding carboxylic acids is 1. The Balaban J connectivity index is 2.05. The minimum atomic E-state index is -0.822. The summed E-state index contributed by atoms with van der Waals surface area (Å²) in [4.78, 5) is 23.8. The van der Waals surface area contributed by atoms with Crippen LogP contribution in [0.3, 0.4) is 0 Å². The lowest BCUT2D eigenvalue weighted by Gasteiger charge is -2.33. The average molecular weight is 370 g/mol. The van der Waals surface area contributed by atoms with Crippen LogP contribution in [-0.2, 0) is 4.79 Å². The third kappa shape index (κ3) is 3.61. The van der Waals surface area contributed by atoms with Gasteiger partial charge < -0.3 is 15.2 Å². The first-order chi connectivity index (χ1) is 10.5. The van der Waals surface area contributed by atoms with Crippen LogP contribution in [0.5, 0.6) is 5.75 Å². The lowest BCUT2D eigenvalue weighted by Crippen LogP contribution is -2.44. The number of hydrogen-bond donors (Lipinski definition) is 2. The molecule has 5 nitrogen and oxygen atoms in total. The molecule has 0 aliphatic heterocycles. The molecule has 0 aromatic heterocycles. The van der Waals surface area contributed by atoms with Gasteiger partial charge in [-0.1, -0.05) is 19.3 Å². The molecule has 1 aromatic carbocycles. The van der Waals surface area contributed by atoms with E-state index in [0.717, 1.165) is 19.3 Å². The molecule has 2 N–H and O–H groups in total. The molecule has 120 valence electrons. The van der Waals surface area contributed by atoms with Crippen LogP contribution >= 0.6 is 15.9 Å². The van der Waals surface area contributed by atoms with Gasteiger partial charge in [-0.15, -0.1) is 0 Å². The molecular formula is C16H20BrNO4. The van der Waals surface area contributed by atoms with E-state index in [9.17, 15) is 14.7 Å². The van der Waals surface area contributed by atoms with Crippen molar-refractivity contribution in [1.82, 2.24) is 5.32 Å². The van der Waals surface area contributed by atoms with Gasteiger partial charge in [-0.05, 0) is 47.0 Å². The molecule has 0 bridgehead atoms. The Hall–Kier alpha value is -1.56. The zero-order valence-electron chi connectivity index (χ0n) is 12.5. The van der Waals surface area contributed by atoms with Crippen molar-refractivity contribution in [3.63, 3.8) is 0 Å². The van der Waals surface area contributed by atoms with E-state index in [-0.39, 0.29) is 12.5 Å². The van der Waals surface area contributed by atoms with Crippen LogP contribution in [0.15, 0.2) is 22.7 Å². The third-order valence-corrected chi connectivity index (χ3v) is 4.89. The van der Waals surface area contributed by atoms with E-state index in [1.807, 2.05) is 0 Å². The number of carbonyl (C=O) groups is 2. The number of amides is 1. The largest absolute Gasteiger partial charge is 0.496 e. The van der Waals surface area contributed by atoms with E-state index < -0.39 is 11.4 Å². The number of carboxylic acids is 1. The zero-order valence-corrected chi connectivity index (χ0v) is 14.1. The van der Waals surface area contributed by atoms with Crippen LogP contribution in [0.25, 0.3) is 0 Å². The van der Waals surface area contributed by atoms with E-state index in [4.69, 9.17) is 4.74 Å². The van der Waals surface area contributed by atoms with Crippen LogP contribution in [0.1, 0.15) is 42.5 Å². The monoisotopic (exact) mass is 369 g/mol. The van der Waals surface area contributed by atoms with Gasteiger partial charge in [0.15, 0.2) is 0 Å². The van der Waals surface area contributed by atoms with Gasteiger partial charge in [0.25, 0.3) is 5.91 Å². The van der Waals surface area contributed by atoms with E-state index in [0.29, 0.717) is 28.6 Å². The summed E-state index contributed by atoms with van der Waals surface area (Å²) in [5, 5.41) is 12.3. The van der Waals surface area contributed by atoms with E-state index in [1.54, 1.807) is 25.3 Å².